The largest absolute Gasteiger partial charge is 0.489 e. The molecule has 20 heavy (non-hydrogen) atoms. The second kappa shape index (κ2) is 6.14. The van der Waals surface area contributed by atoms with E-state index in [0.717, 1.165) is 37.2 Å². The van der Waals surface area contributed by atoms with Gasteiger partial charge in [0, 0.05) is 12.8 Å². The minimum Gasteiger partial charge on any atom is -0.489 e. The van der Waals surface area contributed by atoms with Crippen molar-refractivity contribution in [2.75, 3.05) is 19.3 Å². The van der Waals surface area contributed by atoms with Crippen LogP contribution in [0.2, 0.25) is 0 Å². The minimum absolute atomic E-state index is 0.121. The highest BCUT2D eigenvalue weighted by atomic mass is 32.2. The highest BCUT2D eigenvalue weighted by molar-refractivity contribution is 7.90. The summed E-state index contributed by atoms with van der Waals surface area (Å²) in [6.45, 7) is 6.11. The van der Waals surface area contributed by atoms with Crippen LogP contribution in [0.5, 0.6) is 5.75 Å². The Labute approximate surface area is 121 Å². The van der Waals surface area contributed by atoms with Crippen LogP contribution in [0.15, 0.2) is 23.1 Å². The van der Waals surface area contributed by atoms with Crippen molar-refractivity contribution in [3.05, 3.63) is 23.8 Å². The van der Waals surface area contributed by atoms with Crippen molar-refractivity contribution in [3.63, 3.8) is 0 Å². The van der Waals surface area contributed by atoms with Crippen molar-refractivity contribution in [3.8, 4) is 5.75 Å². The third-order valence-electron chi connectivity index (χ3n) is 3.42. The minimum atomic E-state index is -3.18. The van der Waals surface area contributed by atoms with Gasteiger partial charge in [-0.25, -0.2) is 8.42 Å². The summed E-state index contributed by atoms with van der Waals surface area (Å²) in [5.41, 5.74) is 1.09. The third-order valence-corrected chi connectivity index (χ3v) is 4.53. The number of rotatable bonds is 5. The molecule has 0 aliphatic carbocycles. The molecule has 1 aromatic carbocycles. The molecular weight excluding hydrogens is 274 g/mol. The molecule has 1 aliphatic rings. The lowest BCUT2D eigenvalue weighted by Crippen LogP contribution is -2.35. The van der Waals surface area contributed by atoms with Gasteiger partial charge in [0.1, 0.15) is 11.9 Å². The van der Waals surface area contributed by atoms with E-state index in [1.54, 1.807) is 12.1 Å². The van der Waals surface area contributed by atoms with Gasteiger partial charge in [-0.2, -0.15) is 0 Å². The molecule has 1 heterocycles. The van der Waals surface area contributed by atoms with E-state index >= 15 is 0 Å². The monoisotopic (exact) mass is 297 g/mol. The van der Waals surface area contributed by atoms with Crippen molar-refractivity contribution >= 4 is 9.84 Å². The molecule has 5 heteroatoms. The first kappa shape index (κ1) is 15.3. The van der Waals surface area contributed by atoms with Gasteiger partial charge in [-0.05, 0) is 43.0 Å². The van der Waals surface area contributed by atoms with Gasteiger partial charge in [-0.3, -0.25) is 0 Å². The second-order valence-corrected chi connectivity index (χ2v) is 7.89. The summed E-state index contributed by atoms with van der Waals surface area (Å²) < 4.78 is 29.1. The maximum absolute atomic E-state index is 11.6. The number of benzene rings is 1. The number of hydrogen-bond donors (Lipinski definition) is 1. The lowest BCUT2D eigenvalue weighted by atomic mass is 10.0. The Balaban J connectivity index is 2.04. The molecule has 0 fully saturated rings. The first-order chi connectivity index (χ1) is 9.36. The molecule has 1 atom stereocenters. The third kappa shape index (κ3) is 3.96. The Morgan fingerprint density at radius 2 is 2.15 bits per heavy atom. The second-order valence-electron chi connectivity index (χ2n) is 5.87. The van der Waals surface area contributed by atoms with Crippen molar-refractivity contribution in [1.82, 2.24) is 5.32 Å². The first-order valence-corrected chi connectivity index (χ1v) is 8.96. The van der Waals surface area contributed by atoms with E-state index in [9.17, 15) is 8.42 Å². The van der Waals surface area contributed by atoms with Gasteiger partial charge < -0.3 is 10.1 Å². The molecule has 0 amide bonds. The molecule has 2 rings (SSSR count). The van der Waals surface area contributed by atoms with Gasteiger partial charge in [-0.1, -0.05) is 19.9 Å². The molecule has 0 aromatic heterocycles. The van der Waals surface area contributed by atoms with E-state index in [4.69, 9.17) is 4.74 Å². The van der Waals surface area contributed by atoms with Crippen molar-refractivity contribution in [2.45, 2.75) is 37.7 Å². The molecule has 0 saturated heterocycles. The standard InChI is InChI=1S/C15H23NO3S/c1-11(2)9-16-10-13-6-4-12-5-7-14(20(3,17)18)8-15(12)19-13/h5,7-8,11,13,16H,4,6,9-10H2,1-3H3. The Kier molecular flexibility index (Phi) is 4.70. The Morgan fingerprint density at radius 3 is 2.80 bits per heavy atom. The zero-order chi connectivity index (χ0) is 14.8. The summed E-state index contributed by atoms with van der Waals surface area (Å²) >= 11 is 0. The Morgan fingerprint density at radius 1 is 1.40 bits per heavy atom. The normalized spacial score (nSPS) is 18.7. The van der Waals surface area contributed by atoms with Crippen LogP contribution < -0.4 is 10.1 Å². The van der Waals surface area contributed by atoms with Crippen LogP contribution >= 0.6 is 0 Å². The quantitative estimate of drug-likeness (QED) is 0.903. The summed E-state index contributed by atoms with van der Waals surface area (Å²) in [6, 6.07) is 5.18. The van der Waals surface area contributed by atoms with Crippen LogP contribution in [0.25, 0.3) is 0 Å². The Bertz CT molecular complexity index is 566. The summed E-state index contributed by atoms with van der Waals surface area (Å²) in [5.74, 6) is 1.33. The van der Waals surface area contributed by atoms with E-state index in [2.05, 4.69) is 19.2 Å². The van der Waals surface area contributed by atoms with Gasteiger partial charge >= 0.3 is 0 Å². The SMILES string of the molecule is CC(C)CNCC1CCc2ccc(S(C)(=O)=O)cc2O1. The lowest BCUT2D eigenvalue weighted by Gasteiger charge is -2.27. The van der Waals surface area contributed by atoms with Gasteiger partial charge in [0.15, 0.2) is 9.84 Å². The smallest absolute Gasteiger partial charge is 0.175 e. The lowest BCUT2D eigenvalue weighted by molar-refractivity contribution is 0.169. The molecule has 0 radical (unpaired) electrons. The fourth-order valence-corrected chi connectivity index (χ4v) is 2.95. The highest BCUT2D eigenvalue weighted by Crippen LogP contribution is 2.29. The van der Waals surface area contributed by atoms with Gasteiger partial charge in [-0.15, -0.1) is 0 Å². The van der Waals surface area contributed by atoms with Crippen molar-refractivity contribution < 1.29 is 13.2 Å². The number of aryl methyl sites for hydroxylation is 1. The fraction of sp³-hybridized carbons (Fsp3) is 0.600. The number of nitrogens with one attached hydrogen (secondary N) is 1. The number of ether oxygens (including phenoxy) is 1. The number of hydrogen-bond acceptors (Lipinski definition) is 4. The number of sulfone groups is 1. The molecule has 112 valence electrons. The van der Waals surface area contributed by atoms with Crippen LogP contribution in [0, 0.1) is 5.92 Å². The predicted octanol–water partition coefficient (Wildman–Crippen LogP) is 2.03. The van der Waals surface area contributed by atoms with Crippen molar-refractivity contribution in [1.29, 1.82) is 0 Å². The first-order valence-electron chi connectivity index (χ1n) is 7.06. The molecule has 1 unspecified atom stereocenters. The highest BCUT2D eigenvalue weighted by Gasteiger charge is 2.21. The summed E-state index contributed by atoms with van der Waals surface area (Å²) in [4.78, 5) is 0.326. The molecule has 0 saturated carbocycles. The van der Waals surface area contributed by atoms with Crippen LogP contribution in [0.1, 0.15) is 25.8 Å². The molecular formula is C15H23NO3S. The maximum atomic E-state index is 11.6. The van der Waals surface area contributed by atoms with Gasteiger partial charge in [0.25, 0.3) is 0 Å². The molecule has 1 aromatic rings. The van der Waals surface area contributed by atoms with Crippen molar-refractivity contribution in [2.24, 2.45) is 5.92 Å². The zero-order valence-electron chi connectivity index (χ0n) is 12.3. The predicted molar refractivity (Wildman–Crippen MR) is 80.0 cm³/mol. The molecule has 1 N–H and O–H groups in total. The van der Waals surface area contributed by atoms with E-state index in [0.29, 0.717) is 10.8 Å². The molecule has 0 bridgehead atoms. The van der Waals surface area contributed by atoms with Crippen LogP contribution in [-0.2, 0) is 16.3 Å². The summed E-state index contributed by atoms with van der Waals surface area (Å²) in [5, 5.41) is 3.39. The molecule has 4 nitrogen and oxygen atoms in total. The van der Waals surface area contributed by atoms with Crippen LogP contribution in [0.3, 0.4) is 0 Å². The van der Waals surface area contributed by atoms with E-state index in [1.807, 2.05) is 6.07 Å². The van der Waals surface area contributed by atoms with E-state index < -0.39 is 9.84 Å². The van der Waals surface area contributed by atoms with Crippen LogP contribution in [0.4, 0.5) is 0 Å². The Hall–Kier alpha value is -1.07. The molecule has 1 aliphatic heterocycles. The van der Waals surface area contributed by atoms with E-state index in [1.165, 1.54) is 6.26 Å². The summed E-state index contributed by atoms with van der Waals surface area (Å²) in [7, 11) is -3.18. The number of fused-ring (bicyclic) bond motifs is 1. The average Bonchev–Trinajstić information content (AvgIpc) is 2.36. The van der Waals surface area contributed by atoms with Gasteiger partial charge in [0.05, 0.1) is 4.90 Å². The molecule has 0 spiro atoms. The summed E-state index contributed by atoms with van der Waals surface area (Å²) in [6.07, 6.45) is 3.25. The fourth-order valence-electron chi connectivity index (χ4n) is 2.31. The van der Waals surface area contributed by atoms with Crippen LogP contribution in [-0.4, -0.2) is 33.9 Å². The topological polar surface area (TPSA) is 55.4 Å². The average molecular weight is 297 g/mol. The van der Waals surface area contributed by atoms with E-state index in [-0.39, 0.29) is 6.10 Å². The maximum Gasteiger partial charge on any atom is 0.175 e. The zero-order valence-corrected chi connectivity index (χ0v) is 13.2. The van der Waals surface area contributed by atoms with Gasteiger partial charge in [0.2, 0.25) is 0 Å².